The number of carbonyl (C=O) groups excluding carboxylic acids is 1. The summed E-state index contributed by atoms with van der Waals surface area (Å²) in [6.45, 7) is 0.145. The molecule has 114 valence electrons. The summed E-state index contributed by atoms with van der Waals surface area (Å²) in [4.78, 5) is 12.3. The zero-order chi connectivity index (χ0) is 15.7. The van der Waals surface area contributed by atoms with Gasteiger partial charge in [-0.3, -0.25) is 4.79 Å². The van der Waals surface area contributed by atoms with Crippen LogP contribution in [0.4, 0.5) is 0 Å². The topological polar surface area (TPSA) is 49.3 Å². The molecular formula is C17H15Cl2NO2. The highest BCUT2D eigenvalue weighted by Crippen LogP contribution is 2.36. The van der Waals surface area contributed by atoms with Crippen LogP contribution in [-0.4, -0.2) is 17.6 Å². The van der Waals surface area contributed by atoms with Gasteiger partial charge in [0.25, 0.3) is 5.91 Å². The van der Waals surface area contributed by atoms with Gasteiger partial charge in [0.2, 0.25) is 0 Å². The van der Waals surface area contributed by atoms with E-state index in [1.807, 2.05) is 24.3 Å². The maximum atomic E-state index is 12.3. The van der Waals surface area contributed by atoms with Crippen LogP contribution in [0.15, 0.2) is 42.5 Å². The molecule has 0 aromatic heterocycles. The van der Waals surface area contributed by atoms with E-state index >= 15 is 0 Å². The number of fused-ring (bicyclic) bond motifs is 1. The highest BCUT2D eigenvalue weighted by atomic mass is 35.5. The fourth-order valence-corrected chi connectivity index (χ4v) is 3.22. The third kappa shape index (κ3) is 2.84. The SMILES string of the molecule is O=C(NC[C@@]1(O)CCc2ccccc21)c1cc(Cl)ccc1Cl. The quantitative estimate of drug-likeness (QED) is 0.900. The molecule has 3 nitrogen and oxygen atoms in total. The number of aliphatic hydroxyl groups is 1. The zero-order valence-electron chi connectivity index (χ0n) is 11.8. The Bertz CT molecular complexity index is 732. The highest BCUT2D eigenvalue weighted by molar-refractivity contribution is 6.35. The fraction of sp³-hybridized carbons (Fsp3) is 0.235. The van der Waals surface area contributed by atoms with Gasteiger partial charge in [-0.25, -0.2) is 0 Å². The Hall–Kier alpha value is -1.55. The van der Waals surface area contributed by atoms with Gasteiger partial charge in [0, 0.05) is 5.02 Å². The van der Waals surface area contributed by atoms with Crippen LogP contribution < -0.4 is 5.32 Å². The number of aryl methyl sites for hydroxylation is 1. The second-order valence-electron chi connectivity index (χ2n) is 5.50. The predicted octanol–water partition coefficient (Wildman–Crippen LogP) is 3.56. The molecule has 0 radical (unpaired) electrons. The van der Waals surface area contributed by atoms with Crippen LogP contribution in [0.2, 0.25) is 10.0 Å². The first-order chi connectivity index (χ1) is 10.5. The Morgan fingerprint density at radius 3 is 2.82 bits per heavy atom. The molecule has 0 spiro atoms. The summed E-state index contributed by atoms with van der Waals surface area (Å²) in [5.41, 5.74) is 1.29. The van der Waals surface area contributed by atoms with Crippen LogP contribution >= 0.6 is 23.2 Å². The Labute approximate surface area is 138 Å². The van der Waals surface area contributed by atoms with Crippen molar-refractivity contribution < 1.29 is 9.90 Å². The maximum absolute atomic E-state index is 12.3. The van der Waals surface area contributed by atoms with Gasteiger partial charge in [-0.1, -0.05) is 47.5 Å². The summed E-state index contributed by atoms with van der Waals surface area (Å²) in [7, 11) is 0. The van der Waals surface area contributed by atoms with Gasteiger partial charge in [-0.15, -0.1) is 0 Å². The third-order valence-corrected chi connectivity index (χ3v) is 4.61. The van der Waals surface area contributed by atoms with E-state index in [1.165, 1.54) is 6.07 Å². The summed E-state index contributed by atoms with van der Waals surface area (Å²) >= 11 is 11.9. The summed E-state index contributed by atoms with van der Waals surface area (Å²) in [6, 6.07) is 12.5. The number of nitrogens with one attached hydrogen (secondary N) is 1. The largest absolute Gasteiger partial charge is 0.383 e. The second kappa shape index (κ2) is 5.92. The fourth-order valence-electron chi connectivity index (χ4n) is 2.85. The molecule has 2 aromatic rings. The van der Waals surface area contributed by atoms with E-state index in [4.69, 9.17) is 23.2 Å². The van der Waals surface area contributed by atoms with E-state index in [1.54, 1.807) is 12.1 Å². The van der Waals surface area contributed by atoms with Gasteiger partial charge in [-0.05, 0) is 42.2 Å². The van der Waals surface area contributed by atoms with Crippen LogP contribution in [-0.2, 0) is 12.0 Å². The molecule has 5 heteroatoms. The molecular weight excluding hydrogens is 321 g/mol. The minimum atomic E-state index is -1.03. The second-order valence-corrected chi connectivity index (χ2v) is 6.34. The van der Waals surface area contributed by atoms with Crippen molar-refractivity contribution in [3.8, 4) is 0 Å². The third-order valence-electron chi connectivity index (χ3n) is 4.04. The first-order valence-electron chi connectivity index (χ1n) is 7.04. The lowest BCUT2D eigenvalue weighted by Gasteiger charge is -2.24. The molecule has 1 amide bonds. The van der Waals surface area contributed by atoms with E-state index in [0.717, 1.165) is 17.5 Å². The summed E-state index contributed by atoms with van der Waals surface area (Å²) in [5.74, 6) is -0.342. The Kier molecular flexibility index (Phi) is 4.13. The minimum Gasteiger partial charge on any atom is -0.383 e. The van der Waals surface area contributed by atoms with Crippen molar-refractivity contribution >= 4 is 29.1 Å². The lowest BCUT2D eigenvalue weighted by atomic mass is 9.96. The number of benzene rings is 2. The molecule has 0 bridgehead atoms. The average Bonchev–Trinajstić information content (AvgIpc) is 2.86. The standard InChI is InChI=1S/C17H15Cl2NO2/c18-12-5-6-15(19)13(9-12)16(21)20-10-17(22)8-7-11-3-1-2-4-14(11)17/h1-6,9,22H,7-8,10H2,(H,20,21)/t17-/m0/s1. The molecule has 2 aromatic carbocycles. The summed E-state index contributed by atoms with van der Waals surface area (Å²) < 4.78 is 0. The van der Waals surface area contributed by atoms with Crippen LogP contribution in [0, 0.1) is 0 Å². The van der Waals surface area contributed by atoms with Crippen molar-refractivity contribution in [3.05, 3.63) is 69.2 Å². The number of rotatable bonds is 3. The molecule has 0 unspecified atom stereocenters. The molecule has 3 rings (SSSR count). The van der Waals surface area contributed by atoms with Gasteiger partial charge in [-0.2, -0.15) is 0 Å². The van der Waals surface area contributed by atoms with E-state index in [-0.39, 0.29) is 12.5 Å². The Morgan fingerprint density at radius 2 is 2.00 bits per heavy atom. The molecule has 0 saturated heterocycles. The van der Waals surface area contributed by atoms with Crippen molar-refractivity contribution in [1.82, 2.24) is 5.32 Å². The van der Waals surface area contributed by atoms with Crippen LogP contribution in [0.1, 0.15) is 27.9 Å². The molecule has 0 fully saturated rings. The molecule has 0 aliphatic heterocycles. The maximum Gasteiger partial charge on any atom is 0.252 e. The van der Waals surface area contributed by atoms with Gasteiger partial charge in [0.05, 0.1) is 17.1 Å². The highest BCUT2D eigenvalue weighted by Gasteiger charge is 2.36. The number of carbonyl (C=O) groups is 1. The number of hydrogen-bond acceptors (Lipinski definition) is 2. The van der Waals surface area contributed by atoms with Crippen LogP contribution in [0.3, 0.4) is 0 Å². The molecule has 1 atom stereocenters. The van der Waals surface area contributed by atoms with E-state index in [9.17, 15) is 9.90 Å². The number of halogens is 2. The van der Waals surface area contributed by atoms with E-state index in [2.05, 4.69) is 5.32 Å². The lowest BCUT2D eigenvalue weighted by molar-refractivity contribution is 0.0369. The van der Waals surface area contributed by atoms with Crippen molar-refractivity contribution in [2.24, 2.45) is 0 Å². The van der Waals surface area contributed by atoms with Crippen LogP contribution in [0.5, 0.6) is 0 Å². The monoisotopic (exact) mass is 335 g/mol. The summed E-state index contributed by atoms with van der Waals surface area (Å²) in [5, 5.41) is 14.3. The first kappa shape index (κ1) is 15.3. The van der Waals surface area contributed by atoms with Crippen molar-refractivity contribution in [3.63, 3.8) is 0 Å². The van der Waals surface area contributed by atoms with Gasteiger partial charge >= 0.3 is 0 Å². The lowest BCUT2D eigenvalue weighted by Crippen LogP contribution is -2.39. The van der Waals surface area contributed by atoms with Gasteiger partial charge < -0.3 is 10.4 Å². The molecule has 0 heterocycles. The van der Waals surface area contributed by atoms with Gasteiger partial charge in [0.1, 0.15) is 5.60 Å². The van der Waals surface area contributed by atoms with Crippen molar-refractivity contribution in [2.45, 2.75) is 18.4 Å². The van der Waals surface area contributed by atoms with E-state index < -0.39 is 5.60 Å². The normalized spacial score (nSPS) is 19.8. The number of amides is 1. The smallest absolute Gasteiger partial charge is 0.252 e. The molecule has 1 aliphatic carbocycles. The molecule has 2 N–H and O–H groups in total. The van der Waals surface area contributed by atoms with E-state index in [0.29, 0.717) is 22.0 Å². The average molecular weight is 336 g/mol. The molecule has 1 aliphatic rings. The summed E-state index contributed by atoms with van der Waals surface area (Å²) in [6.07, 6.45) is 1.40. The Balaban J connectivity index is 1.76. The minimum absolute atomic E-state index is 0.145. The first-order valence-corrected chi connectivity index (χ1v) is 7.79. The predicted molar refractivity (Wildman–Crippen MR) is 87.5 cm³/mol. The van der Waals surface area contributed by atoms with Gasteiger partial charge in [0.15, 0.2) is 0 Å². The zero-order valence-corrected chi connectivity index (χ0v) is 13.3. The van der Waals surface area contributed by atoms with Crippen LogP contribution in [0.25, 0.3) is 0 Å². The molecule has 0 saturated carbocycles. The Morgan fingerprint density at radius 1 is 1.23 bits per heavy atom. The van der Waals surface area contributed by atoms with Crippen molar-refractivity contribution in [2.75, 3.05) is 6.54 Å². The molecule has 22 heavy (non-hydrogen) atoms. The van der Waals surface area contributed by atoms with Crippen molar-refractivity contribution in [1.29, 1.82) is 0 Å². The number of hydrogen-bond donors (Lipinski definition) is 2.